The predicted molar refractivity (Wildman–Crippen MR) is 69.9 cm³/mol. The Hall–Kier alpha value is -0.424. The fraction of sp³-hybridized carbons (Fsp3) is 0.182. The minimum atomic E-state index is -1.37. The molecule has 0 spiro atoms. The summed E-state index contributed by atoms with van der Waals surface area (Å²) >= 11 is 3.80. The topological polar surface area (TPSA) is 130 Å². The Morgan fingerprint density at radius 3 is 2.45 bits per heavy atom. The molecular formula is C11H13KN2O5S. The molecule has 4 N–H and O–H groups in total. The molecule has 7 nitrogen and oxygen atoms in total. The number of thiol groups is 1. The third kappa shape index (κ3) is 8.00. The quantitative estimate of drug-likeness (QED) is 0.371. The van der Waals surface area contributed by atoms with Gasteiger partial charge in [0.2, 0.25) is 5.91 Å². The summed E-state index contributed by atoms with van der Waals surface area (Å²) in [5.74, 6) is -2.20. The molecule has 2 amide bonds. The molecule has 104 valence electrons. The first kappa shape index (κ1) is 21.9. The van der Waals surface area contributed by atoms with Gasteiger partial charge in [0.25, 0.3) is 5.91 Å². The summed E-state index contributed by atoms with van der Waals surface area (Å²) in [7, 11) is 0. The zero-order valence-electron chi connectivity index (χ0n) is 10.8. The molecule has 0 aliphatic carbocycles. The minimum Gasteiger partial charge on any atom is -0.548 e. The van der Waals surface area contributed by atoms with Crippen LogP contribution in [0.25, 0.3) is 0 Å². The summed E-state index contributed by atoms with van der Waals surface area (Å²) in [4.78, 5) is 32.8. The largest absolute Gasteiger partial charge is 1.00 e. The van der Waals surface area contributed by atoms with Crippen LogP contribution >= 0.6 is 12.6 Å². The molecule has 0 aliphatic heterocycles. The second-order valence-electron chi connectivity index (χ2n) is 3.34. The average Bonchev–Trinajstić information content (AvgIpc) is 2.36. The summed E-state index contributed by atoms with van der Waals surface area (Å²) in [5.41, 5.74) is 0.684. The van der Waals surface area contributed by atoms with E-state index in [1.54, 1.807) is 12.1 Å². The summed E-state index contributed by atoms with van der Waals surface area (Å²) in [5, 5.41) is 14.9. The van der Waals surface area contributed by atoms with E-state index in [-0.39, 0.29) is 74.1 Å². The second-order valence-corrected chi connectivity index (χ2v) is 3.66. The standard InChI is InChI=1S/C11H12N2O4S.K.H2O/c14-9(6-18)13-8-3-1-2-7(4-8)11(17)12-5-10(15)16;;/h1-4,18H,5-6H2,(H,12,17)(H,13,14)(H,15,16);;1H2/q;+1;/p-1. The van der Waals surface area contributed by atoms with Crippen molar-refractivity contribution in [2.45, 2.75) is 0 Å². The minimum absolute atomic E-state index is 0. The Kier molecular flexibility index (Phi) is 12.3. The molecule has 20 heavy (non-hydrogen) atoms. The van der Waals surface area contributed by atoms with Crippen molar-refractivity contribution in [3.63, 3.8) is 0 Å². The van der Waals surface area contributed by atoms with Crippen molar-refractivity contribution in [2.24, 2.45) is 0 Å². The molecule has 0 radical (unpaired) electrons. The zero-order valence-corrected chi connectivity index (χ0v) is 14.8. The monoisotopic (exact) mass is 324 g/mol. The van der Waals surface area contributed by atoms with Crippen LogP contribution in [-0.4, -0.2) is 35.6 Å². The van der Waals surface area contributed by atoms with E-state index in [0.717, 1.165) is 0 Å². The molecule has 9 heteroatoms. The van der Waals surface area contributed by atoms with E-state index in [1.165, 1.54) is 12.1 Å². The second kappa shape index (κ2) is 11.3. The van der Waals surface area contributed by atoms with Crippen molar-refractivity contribution >= 4 is 36.1 Å². The number of carboxylic acid groups (broad SMARTS) is 1. The molecule has 0 aliphatic rings. The molecule has 0 unspecified atom stereocenters. The number of amides is 2. The molecule has 0 bridgehead atoms. The van der Waals surface area contributed by atoms with Crippen LogP contribution in [0.3, 0.4) is 0 Å². The number of carbonyl (C=O) groups is 3. The zero-order chi connectivity index (χ0) is 13.5. The fourth-order valence-electron chi connectivity index (χ4n) is 1.19. The molecule has 0 heterocycles. The van der Waals surface area contributed by atoms with E-state index in [1.807, 2.05) is 0 Å². The number of carboxylic acids is 1. The van der Waals surface area contributed by atoms with Gasteiger partial charge in [0.1, 0.15) is 0 Å². The Labute approximate surface area is 163 Å². The van der Waals surface area contributed by atoms with Gasteiger partial charge in [0, 0.05) is 11.3 Å². The maximum absolute atomic E-state index is 11.5. The molecule has 1 aromatic rings. The maximum Gasteiger partial charge on any atom is 1.00 e. The van der Waals surface area contributed by atoms with Crippen LogP contribution in [0.4, 0.5) is 5.69 Å². The Balaban J connectivity index is 0. The summed E-state index contributed by atoms with van der Waals surface area (Å²) < 4.78 is 0. The number of carbonyl (C=O) groups excluding carboxylic acids is 3. The number of aliphatic carboxylic acids is 1. The molecule has 0 saturated heterocycles. The molecule has 1 rings (SSSR count). The van der Waals surface area contributed by atoms with Crippen molar-refractivity contribution in [1.82, 2.24) is 5.32 Å². The normalized spacial score (nSPS) is 8.65. The van der Waals surface area contributed by atoms with Gasteiger partial charge in [-0.15, -0.1) is 0 Å². The summed E-state index contributed by atoms with van der Waals surface area (Å²) in [6, 6.07) is 6.12. The van der Waals surface area contributed by atoms with E-state index >= 15 is 0 Å². The number of benzene rings is 1. The van der Waals surface area contributed by atoms with Gasteiger partial charge in [-0.2, -0.15) is 12.6 Å². The third-order valence-corrected chi connectivity index (χ3v) is 2.23. The smallest absolute Gasteiger partial charge is 0.548 e. The first-order valence-electron chi connectivity index (χ1n) is 5.01. The SMILES string of the molecule is O.O=C([O-])CNC(=O)c1cccc(NC(=O)CS)c1.[K+]. The van der Waals surface area contributed by atoms with E-state index < -0.39 is 18.4 Å². The molecule has 0 atom stereocenters. The van der Waals surface area contributed by atoms with Crippen LogP contribution in [0.2, 0.25) is 0 Å². The van der Waals surface area contributed by atoms with Crippen LogP contribution in [0.15, 0.2) is 24.3 Å². The van der Waals surface area contributed by atoms with Crippen LogP contribution in [0.5, 0.6) is 0 Å². The number of nitrogens with one attached hydrogen (secondary N) is 2. The van der Waals surface area contributed by atoms with E-state index in [9.17, 15) is 19.5 Å². The Bertz CT molecular complexity index is 484. The fourth-order valence-corrected chi connectivity index (χ4v) is 1.27. The number of rotatable bonds is 5. The molecule has 0 aromatic heterocycles. The molecular weight excluding hydrogens is 311 g/mol. The van der Waals surface area contributed by atoms with Crippen LogP contribution in [0, 0.1) is 0 Å². The first-order valence-corrected chi connectivity index (χ1v) is 5.65. The van der Waals surface area contributed by atoms with Crippen molar-refractivity contribution < 1.29 is 76.4 Å². The van der Waals surface area contributed by atoms with E-state index in [2.05, 4.69) is 23.3 Å². The van der Waals surface area contributed by atoms with Gasteiger partial charge < -0.3 is 26.0 Å². The Morgan fingerprint density at radius 2 is 1.90 bits per heavy atom. The number of hydrogen-bond donors (Lipinski definition) is 3. The van der Waals surface area contributed by atoms with Gasteiger partial charge in [0.15, 0.2) is 0 Å². The average molecular weight is 324 g/mol. The van der Waals surface area contributed by atoms with E-state index in [0.29, 0.717) is 5.69 Å². The van der Waals surface area contributed by atoms with Crippen LogP contribution in [0.1, 0.15) is 10.4 Å². The van der Waals surface area contributed by atoms with Gasteiger partial charge in [-0.3, -0.25) is 9.59 Å². The Morgan fingerprint density at radius 1 is 1.25 bits per heavy atom. The predicted octanol–water partition coefficient (Wildman–Crippen LogP) is -4.79. The third-order valence-electron chi connectivity index (χ3n) is 1.95. The van der Waals surface area contributed by atoms with Gasteiger partial charge >= 0.3 is 51.4 Å². The molecule has 1 aromatic carbocycles. The maximum atomic E-state index is 11.5. The van der Waals surface area contributed by atoms with Gasteiger partial charge in [-0.05, 0) is 18.2 Å². The van der Waals surface area contributed by atoms with Crippen molar-refractivity contribution in [3.05, 3.63) is 29.8 Å². The molecule has 0 saturated carbocycles. The van der Waals surface area contributed by atoms with Gasteiger partial charge in [0.05, 0.1) is 18.3 Å². The molecule has 0 fully saturated rings. The number of hydrogen-bond acceptors (Lipinski definition) is 5. The van der Waals surface area contributed by atoms with Crippen molar-refractivity contribution in [2.75, 3.05) is 17.6 Å². The van der Waals surface area contributed by atoms with Crippen LogP contribution < -0.4 is 67.1 Å². The van der Waals surface area contributed by atoms with E-state index in [4.69, 9.17) is 0 Å². The summed E-state index contributed by atoms with van der Waals surface area (Å²) in [6.45, 7) is -0.563. The van der Waals surface area contributed by atoms with Crippen molar-refractivity contribution in [1.29, 1.82) is 0 Å². The van der Waals surface area contributed by atoms with Crippen molar-refractivity contribution in [3.8, 4) is 0 Å². The summed E-state index contributed by atoms with van der Waals surface area (Å²) in [6.07, 6.45) is 0. The number of anilines is 1. The first-order chi connectivity index (χ1) is 8.52. The van der Waals surface area contributed by atoms with Gasteiger partial charge in [-0.25, -0.2) is 0 Å². The van der Waals surface area contributed by atoms with Gasteiger partial charge in [-0.1, -0.05) is 6.07 Å². The van der Waals surface area contributed by atoms with Crippen LogP contribution in [-0.2, 0) is 9.59 Å².